The van der Waals surface area contributed by atoms with Crippen LogP contribution in [0.15, 0.2) is 47.6 Å². The van der Waals surface area contributed by atoms with Gasteiger partial charge in [0.15, 0.2) is 0 Å². The summed E-state index contributed by atoms with van der Waals surface area (Å²) in [6, 6.07) is 8.58. The van der Waals surface area contributed by atoms with Crippen molar-refractivity contribution in [2.45, 2.75) is 26.7 Å². The lowest BCUT2D eigenvalue weighted by Crippen LogP contribution is -2.00. The molecular formula is C14H18N2. The molecule has 0 spiro atoms. The van der Waals surface area contributed by atoms with Crippen molar-refractivity contribution in [2.75, 3.05) is 0 Å². The third kappa shape index (κ3) is 2.89. The molecule has 0 fully saturated rings. The molecule has 1 aliphatic heterocycles. The summed E-state index contributed by atoms with van der Waals surface area (Å²) >= 11 is 0. The molecule has 0 aliphatic carbocycles. The van der Waals surface area contributed by atoms with Crippen molar-refractivity contribution in [2.24, 2.45) is 10.2 Å². The van der Waals surface area contributed by atoms with Crippen molar-refractivity contribution in [1.29, 1.82) is 0 Å². The van der Waals surface area contributed by atoms with Gasteiger partial charge >= 0.3 is 0 Å². The van der Waals surface area contributed by atoms with Crippen molar-refractivity contribution in [1.82, 2.24) is 0 Å². The van der Waals surface area contributed by atoms with Gasteiger partial charge in [-0.05, 0) is 24.5 Å². The Morgan fingerprint density at radius 2 is 1.75 bits per heavy atom. The van der Waals surface area contributed by atoms with Gasteiger partial charge in [0.2, 0.25) is 0 Å². The zero-order valence-corrected chi connectivity index (χ0v) is 10.0. The number of rotatable bonds is 2. The zero-order valence-electron chi connectivity index (χ0n) is 10.0. The molecule has 0 saturated carbocycles. The van der Waals surface area contributed by atoms with E-state index in [1.807, 2.05) is 6.92 Å². The van der Waals surface area contributed by atoms with Crippen LogP contribution in [-0.2, 0) is 6.42 Å². The Kier molecular flexibility index (Phi) is 4.65. The summed E-state index contributed by atoms with van der Waals surface area (Å²) in [6.45, 7) is 10.2. The van der Waals surface area contributed by atoms with Gasteiger partial charge in [0.25, 0.3) is 0 Å². The van der Waals surface area contributed by atoms with E-state index in [1.54, 1.807) is 0 Å². The molecule has 0 amide bonds. The number of hydrogen-bond donors (Lipinski definition) is 0. The monoisotopic (exact) mass is 214 g/mol. The average Bonchev–Trinajstić information content (AvgIpc) is 2.79. The molecule has 0 N–H and O–H groups in total. The van der Waals surface area contributed by atoms with Crippen LogP contribution < -0.4 is 0 Å². The van der Waals surface area contributed by atoms with E-state index in [4.69, 9.17) is 0 Å². The van der Waals surface area contributed by atoms with E-state index in [-0.39, 0.29) is 0 Å². The molecule has 0 saturated heterocycles. The van der Waals surface area contributed by atoms with Crippen LogP contribution in [0.1, 0.15) is 31.4 Å². The summed E-state index contributed by atoms with van der Waals surface area (Å²) in [5.74, 6) is 0. The number of hydrogen-bond acceptors (Lipinski definition) is 2. The Balaban J connectivity index is 0.000000606. The standard InChI is InChI=1S/C12H14N2.C2H4/c1-3-10-4-6-11(7-5-10)12-8-9(2)13-14-12;1-2/h4-7H,3,8H2,1-2H3;1-2H2. The summed E-state index contributed by atoms with van der Waals surface area (Å²) in [6.07, 6.45) is 1.98. The van der Waals surface area contributed by atoms with E-state index >= 15 is 0 Å². The minimum Gasteiger partial charge on any atom is -0.160 e. The number of nitrogens with zero attached hydrogens (tertiary/aromatic N) is 2. The molecule has 2 rings (SSSR count). The highest BCUT2D eigenvalue weighted by Crippen LogP contribution is 2.12. The minimum absolute atomic E-state index is 0.894. The maximum atomic E-state index is 4.15. The summed E-state index contributed by atoms with van der Waals surface area (Å²) in [4.78, 5) is 0. The molecule has 1 aliphatic rings. The molecule has 0 unspecified atom stereocenters. The second-order valence-corrected chi connectivity index (χ2v) is 3.61. The van der Waals surface area contributed by atoms with Gasteiger partial charge in [-0.25, -0.2) is 0 Å². The predicted octanol–water partition coefficient (Wildman–Crippen LogP) is 3.62. The zero-order chi connectivity index (χ0) is 12.0. The molecule has 0 aromatic heterocycles. The van der Waals surface area contributed by atoms with Crippen LogP contribution >= 0.6 is 0 Å². The highest BCUT2D eigenvalue weighted by Gasteiger charge is 2.10. The molecule has 84 valence electrons. The molecule has 1 aromatic carbocycles. The molecule has 0 bridgehead atoms. The van der Waals surface area contributed by atoms with Gasteiger partial charge in [0.05, 0.1) is 5.71 Å². The van der Waals surface area contributed by atoms with E-state index < -0.39 is 0 Å². The maximum absolute atomic E-state index is 4.15. The lowest BCUT2D eigenvalue weighted by atomic mass is 10.0. The van der Waals surface area contributed by atoms with Crippen molar-refractivity contribution in [3.63, 3.8) is 0 Å². The normalized spacial score (nSPS) is 13.6. The largest absolute Gasteiger partial charge is 0.160 e. The Morgan fingerprint density at radius 1 is 1.12 bits per heavy atom. The predicted molar refractivity (Wildman–Crippen MR) is 71.3 cm³/mol. The Labute approximate surface area is 97.4 Å². The smallest absolute Gasteiger partial charge is 0.0759 e. The lowest BCUT2D eigenvalue weighted by Gasteiger charge is -2.01. The van der Waals surface area contributed by atoms with E-state index in [9.17, 15) is 0 Å². The van der Waals surface area contributed by atoms with Crippen LogP contribution in [0, 0.1) is 0 Å². The van der Waals surface area contributed by atoms with Gasteiger partial charge in [0.1, 0.15) is 0 Å². The number of benzene rings is 1. The van der Waals surface area contributed by atoms with Crippen molar-refractivity contribution in [3.8, 4) is 0 Å². The fourth-order valence-corrected chi connectivity index (χ4v) is 1.55. The van der Waals surface area contributed by atoms with E-state index in [2.05, 4.69) is 54.5 Å². The quantitative estimate of drug-likeness (QED) is 0.672. The molecule has 2 heteroatoms. The second kappa shape index (κ2) is 6.01. The summed E-state index contributed by atoms with van der Waals surface area (Å²) in [7, 11) is 0. The second-order valence-electron chi connectivity index (χ2n) is 3.61. The first-order chi connectivity index (χ1) is 7.79. The minimum atomic E-state index is 0.894. The molecule has 1 heterocycles. The van der Waals surface area contributed by atoms with E-state index in [0.29, 0.717) is 0 Å². The van der Waals surface area contributed by atoms with Crippen LogP contribution in [0.2, 0.25) is 0 Å². The van der Waals surface area contributed by atoms with Gasteiger partial charge < -0.3 is 0 Å². The summed E-state index contributed by atoms with van der Waals surface area (Å²) < 4.78 is 0. The Morgan fingerprint density at radius 3 is 2.19 bits per heavy atom. The van der Waals surface area contributed by atoms with Crippen LogP contribution in [0.4, 0.5) is 0 Å². The summed E-state index contributed by atoms with van der Waals surface area (Å²) in [5, 5.41) is 8.19. The van der Waals surface area contributed by atoms with Crippen LogP contribution in [0.3, 0.4) is 0 Å². The highest BCUT2D eigenvalue weighted by atomic mass is 15.2. The topological polar surface area (TPSA) is 24.7 Å². The first-order valence-electron chi connectivity index (χ1n) is 5.49. The summed E-state index contributed by atoms with van der Waals surface area (Å²) in [5.41, 5.74) is 4.75. The first kappa shape index (κ1) is 12.4. The maximum Gasteiger partial charge on any atom is 0.0759 e. The average molecular weight is 214 g/mol. The third-order valence-electron chi connectivity index (χ3n) is 2.46. The molecular weight excluding hydrogens is 196 g/mol. The van der Waals surface area contributed by atoms with Gasteiger partial charge in [-0.2, -0.15) is 10.2 Å². The Hall–Kier alpha value is -1.70. The molecule has 1 aromatic rings. The van der Waals surface area contributed by atoms with Crippen molar-refractivity contribution in [3.05, 3.63) is 48.6 Å². The molecule has 16 heavy (non-hydrogen) atoms. The van der Waals surface area contributed by atoms with Crippen LogP contribution in [0.5, 0.6) is 0 Å². The van der Waals surface area contributed by atoms with Crippen LogP contribution in [-0.4, -0.2) is 11.4 Å². The van der Waals surface area contributed by atoms with Gasteiger partial charge in [-0.15, -0.1) is 13.2 Å². The fourth-order valence-electron chi connectivity index (χ4n) is 1.55. The highest BCUT2D eigenvalue weighted by molar-refractivity contribution is 6.14. The van der Waals surface area contributed by atoms with Gasteiger partial charge in [0, 0.05) is 12.1 Å². The van der Waals surface area contributed by atoms with E-state index in [1.165, 1.54) is 11.1 Å². The molecule has 0 radical (unpaired) electrons. The van der Waals surface area contributed by atoms with Crippen molar-refractivity contribution < 1.29 is 0 Å². The molecule has 2 nitrogen and oxygen atoms in total. The molecule has 0 atom stereocenters. The number of aryl methyl sites for hydroxylation is 1. The van der Waals surface area contributed by atoms with E-state index in [0.717, 1.165) is 24.3 Å². The van der Waals surface area contributed by atoms with Gasteiger partial charge in [-0.3, -0.25) is 0 Å². The first-order valence-corrected chi connectivity index (χ1v) is 5.49. The third-order valence-corrected chi connectivity index (χ3v) is 2.46. The SMILES string of the molecule is C=C.CCc1ccc(C2=NN=C(C)C2)cc1. The van der Waals surface area contributed by atoms with Gasteiger partial charge in [-0.1, -0.05) is 31.2 Å². The van der Waals surface area contributed by atoms with Crippen molar-refractivity contribution >= 4 is 11.4 Å². The fraction of sp³-hybridized carbons (Fsp3) is 0.286. The Bertz CT molecular complexity index is 399. The lowest BCUT2D eigenvalue weighted by molar-refractivity contribution is 1.14. The van der Waals surface area contributed by atoms with Crippen LogP contribution in [0.25, 0.3) is 0 Å².